The normalized spacial score (nSPS) is 23.0. The number of nitrogens with zero attached hydrogens (tertiary/aromatic N) is 1. The Labute approximate surface area is 184 Å². The smallest absolute Gasteiger partial charge is 0.251 e. The highest BCUT2D eigenvalue weighted by molar-refractivity contribution is 5.96. The predicted octanol–water partition coefficient (Wildman–Crippen LogP) is 2.82. The van der Waals surface area contributed by atoms with Crippen LogP contribution in [0.4, 0.5) is 5.69 Å². The topological polar surface area (TPSA) is 95.7 Å². The lowest BCUT2D eigenvalue weighted by Gasteiger charge is -2.51. The zero-order chi connectivity index (χ0) is 22.6. The SMILES string of the molecule is C[C@@H](CN1CC[C@](O)(c2ccccc2)C(C)(C)C1)C(C=O)NC(=O)c1cccc(N)c1. The Kier molecular flexibility index (Phi) is 6.82. The summed E-state index contributed by atoms with van der Waals surface area (Å²) in [4.78, 5) is 26.5. The van der Waals surface area contributed by atoms with Gasteiger partial charge in [0.25, 0.3) is 5.91 Å². The molecule has 0 aliphatic carbocycles. The van der Waals surface area contributed by atoms with E-state index < -0.39 is 11.6 Å². The fraction of sp³-hybridized carbons (Fsp3) is 0.440. The van der Waals surface area contributed by atoms with Gasteiger partial charge in [0.15, 0.2) is 0 Å². The number of anilines is 1. The molecule has 1 amide bonds. The van der Waals surface area contributed by atoms with Crippen molar-refractivity contribution >= 4 is 17.9 Å². The molecule has 6 nitrogen and oxygen atoms in total. The van der Waals surface area contributed by atoms with Crippen molar-refractivity contribution in [2.45, 2.75) is 38.8 Å². The van der Waals surface area contributed by atoms with Crippen molar-refractivity contribution in [3.63, 3.8) is 0 Å². The Balaban J connectivity index is 1.64. The first kappa shape index (κ1) is 23.0. The Morgan fingerprint density at radius 2 is 1.94 bits per heavy atom. The van der Waals surface area contributed by atoms with Crippen LogP contribution in [0.5, 0.6) is 0 Å². The van der Waals surface area contributed by atoms with E-state index in [0.717, 1.165) is 11.8 Å². The highest BCUT2D eigenvalue weighted by atomic mass is 16.3. The molecule has 1 aliphatic heterocycles. The van der Waals surface area contributed by atoms with Crippen molar-refractivity contribution in [1.29, 1.82) is 0 Å². The monoisotopic (exact) mass is 423 g/mol. The van der Waals surface area contributed by atoms with Gasteiger partial charge in [0.1, 0.15) is 6.29 Å². The Morgan fingerprint density at radius 1 is 1.23 bits per heavy atom. The summed E-state index contributed by atoms with van der Waals surface area (Å²) in [5.41, 5.74) is 6.36. The fourth-order valence-electron chi connectivity index (χ4n) is 4.58. The number of amides is 1. The molecule has 3 atom stereocenters. The van der Waals surface area contributed by atoms with Gasteiger partial charge in [0.05, 0.1) is 11.6 Å². The van der Waals surface area contributed by atoms with Crippen LogP contribution in [-0.2, 0) is 10.4 Å². The molecule has 0 spiro atoms. The third-order valence-corrected chi connectivity index (χ3v) is 6.53. The molecule has 0 bridgehead atoms. The van der Waals surface area contributed by atoms with E-state index in [2.05, 4.69) is 24.1 Å². The van der Waals surface area contributed by atoms with Crippen LogP contribution in [0.25, 0.3) is 0 Å². The number of aldehydes is 1. The second-order valence-corrected chi connectivity index (χ2v) is 9.33. The first-order valence-corrected chi connectivity index (χ1v) is 10.8. The minimum absolute atomic E-state index is 0.0822. The van der Waals surface area contributed by atoms with E-state index in [1.54, 1.807) is 24.3 Å². The van der Waals surface area contributed by atoms with Crippen molar-refractivity contribution in [3.05, 3.63) is 65.7 Å². The Morgan fingerprint density at radius 3 is 2.55 bits per heavy atom. The van der Waals surface area contributed by atoms with Crippen molar-refractivity contribution < 1.29 is 14.7 Å². The lowest BCUT2D eigenvalue weighted by molar-refractivity contribution is -0.128. The zero-order valence-electron chi connectivity index (χ0n) is 18.5. The molecule has 1 aliphatic rings. The van der Waals surface area contributed by atoms with Gasteiger partial charge in [-0.1, -0.05) is 57.2 Å². The number of piperidine rings is 1. The number of nitrogens with two attached hydrogens (primary N) is 1. The predicted molar refractivity (Wildman–Crippen MR) is 123 cm³/mol. The Bertz CT molecular complexity index is 915. The molecule has 3 rings (SSSR count). The number of carbonyl (C=O) groups excluding carboxylic acids is 2. The maximum Gasteiger partial charge on any atom is 0.251 e. The minimum Gasteiger partial charge on any atom is -0.399 e. The molecule has 1 saturated heterocycles. The van der Waals surface area contributed by atoms with Gasteiger partial charge >= 0.3 is 0 Å². The van der Waals surface area contributed by atoms with Gasteiger partial charge in [0.2, 0.25) is 0 Å². The minimum atomic E-state index is -0.903. The van der Waals surface area contributed by atoms with Crippen LogP contribution in [0.1, 0.15) is 43.1 Å². The number of hydrogen-bond donors (Lipinski definition) is 3. The number of benzene rings is 2. The summed E-state index contributed by atoms with van der Waals surface area (Å²) in [7, 11) is 0. The van der Waals surface area contributed by atoms with Crippen LogP contribution in [0.15, 0.2) is 54.6 Å². The average Bonchev–Trinajstić information content (AvgIpc) is 2.74. The van der Waals surface area contributed by atoms with Crippen LogP contribution >= 0.6 is 0 Å². The van der Waals surface area contributed by atoms with Crippen LogP contribution in [0, 0.1) is 11.3 Å². The van der Waals surface area contributed by atoms with E-state index in [9.17, 15) is 14.7 Å². The van der Waals surface area contributed by atoms with E-state index in [0.29, 0.717) is 37.3 Å². The first-order valence-electron chi connectivity index (χ1n) is 10.8. The highest BCUT2D eigenvalue weighted by Crippen LogP contribution is 2.46. The molecular formula is C25H33N3O3. The second-order valence-electron chi connectivity index (χ2n) is 9.33. The summed E-state index contributed by atoms with van der Waals surface area (Å²) in [6.45, 7) is 8.18. The molecule has 31 heavy (non-hydrogen) atoms. The quantitative estimate of drug-likeness (QED) is 0.470. The van der Waals surface area contributed by atoms with Crippen molar-refractivity contribution in [3.8, 4) is 0 Å². The molecule has 1 unspecified atom stereocenters. The summed E-state index contributed by atoms with van der Waals surface area (Å²) >= 11 is 0. The van der Waals surface area contributed by atoms with Crippen LogP contribution in [-0.4, -0.2) is 47.9 Å². The lowest BCUT2D eigenvalue weighted by atomic mass is 9.66. The summed E-state index contributed by atoms with van der Waals surface area (Å²) in [5.74, 6) is -0.394. The summed E-state index contributed by atoms with van der Waals surface area (Å²) < 4.78 is 0. The summed E-state index contributed by atoms with van der Waals surface area (Å²) in [6, 6.07) is 15.9. The molecule has 2 aromatic carbocycles. The van der Waals surface area contributed by atoms with E-state index >= 15 is 0 Å². The highest BCUT2D eigenvalue weighted by Gasteiger charge is 2.48. The Hall–Kier alpha value is -2.70. The lowest BCUT2D eigenvalue weighted by Crippen LogP contribution is -2.57. The number of aliphatic hydroxyl groups is 1. The maximum absolute atomic E-state index is 12.5. The van der Waals surface area contributed by atoms with Crippen LogP contribution in [0.2, 0.25) is 0 Å². The number of carbonyl (C=O) groups is 2. The van der Waals surface area contributed by atoms with E-state index in [1.807, 2.05) is 37.3 Å². The molecule has 0 saturated carbocycles. The first-order chi connectivity index (χ1) is 14.7. The van der Waals surface area contributed by atoms with Crippen molar-refractivity contribution in [2.24, 2.45) is 11.3 Å². The van der Waals surface area contributed by atoms with E-state index in [1.165, 1.54) is 0 Å². The van der Waals surface area contributed by atoms with E-state index in [4.69, 9.17) is 5.73 Å². The second kappa shape index (κ2) is 9.20. The van der Waals surface area contributed by atoms with Gasteiger partial charge in [0, 0.05) is 36.3 Å². The third-order valence-electron chi connectivity index (χ3n) is 6.53. The fourth-order valence-corrected chi connectivity index (χ4v) is 4.58. The largest absolute Gasteiger partial charge is 0.399 e. The molecule has 166 valence electrons. The van der Waals surface area contributed by atoms with Gasteiger partial charge in [-0.3, -0.25) is 4.79 Å². The molecule has 0 aromatic heterocycles. The van der Waals surface area contributed by atoms with Crippen molar-refractivity contribution in [1.82, 2.24) is 10.2 Å². The third kappa shape index (κ3) is 4.97. The van der Waals surface area contributed by atoms with Crippen LogP contribution in [0.3, 0.4) is 0 Å². The van der Waals surface area contributed by atoms with Gasteiger partial charge in [-0.25, -0.2) is 0 Å². The molecule has 2 aromatic rings. The van der Waals surface area contributed by atoms with Crippen LogP contribution < -0.4 is 11.1 Å². The average molecular weight is 424 g/mol. The molecule has 6 heteroatoms. The zero-order valence-corrected chi connectivity index (χ0v) is 18.5. The number of nitrogens with one attached hydrogen (secondary N) is 1. The van der Waals surface area contributed by atoms with E-state index in [-0.39, 0.29) is 17.2 Å². The molecule has 1 heterocycles. The number of rotatable bonds is 7. The molecule has 1 fully saturated rings. The van der Waals surface area contributed by atoms with Crippen molar-refractivity contribution in [2.75, 3.05) is 25.4 Å². The number of hydrogen-bond acceptors (Lipinski definition) is 5. The maximum atomic E-state index is 12.5. The standard InChI is InChI=1S/C25H33N3O3/c1-18(22(16-29)27-23(30)19-8-7-11-21(26)14-19)15-28-13-12-25(31,24(2,3)17-28)20-9-5-4-6-10-20/h4-11,14,16,18,22,31H,12-13,15,17,26H2,1-3H3,(H,27,30)/t18-,22?,25-/m0/s1. The number of likely N-dealkylation sites (tertiary alicyclic amines) is 1. The van der Waals surface area contributed by atoms with Gasteiger partial charge < -0.3 is 25.9 Å². The summed E-state index contributed by atoms with van der Waals surface area (Å²) in [6.07, 6.45) is 1.41. The number of nitrogen functional groups attached to an aromatic ring is 1. The van der Waals surface area contributed by atoms with Gasteiger partial charge in [-0.15, -0.1) is 0 Å². The molecule has 0 radical (unpaired) electrons. The van der Waals surface area contributed by atoms with Gasteiger partial charge in [-0.2, -0.15) is 0 Å². The van der Waals surface area contributed by atoms with Gasteiger partial charge in [-0.05, 0) is 36.1 Å². The molecule has 4 N–H and O–H groups in total. The summed E-state index contributed by atoms with van der Waals surface area (Å²) in [5, 5.41) is 14.3. The molecular weight excluding hydrogens is 390 g/mol.